The highest BCUT2D eigenvalue weighted by molar-refractivity contribution is 9.10. The number of aromatic nitrogens is 2. The zero-order chi connectivity index (χ0) is 13.1. The van der Waals surface area contributed by atoms with Crippen LogP contribution in [0.2, 0.25) is 5.02 Å². The van der Waals surface area contributed by atoms with E-state index in [1.807, 2.05) is 0 Å². The molecule has 1 aromatic heterocycles. The quantitative estimate of drug-likeness (QED) is 0.927. The lowest BCUT2D eigenvalue weighted by molar-refractivity contribution is 0.454. The zero-order valence-corrected chi connectivity index (χ0v) is 11.6. The lowest BCUT2D eigenvalue weighted by Crippen LogP contribution is -1.97. The van der Waals surface area contributed by atoms with E-state index in [2.05, 4.69) is 31.2 Å². The molecule has 4 nitrogen and oxygen atoms in total. The van der Waals surface area contributed by atoms with E-state index in [4.69, 9.17) is 16.3 Å². The van der Waals surface area contributed by atoms with E-state index in [1.54, 1.807) is 13.1 Å². The van der Waals surface area contributed by atoms with E-state index < -0.39 is 5.82 Å². The van der Waals surface area contributed by atoms with E-state index >= 15 is 0 Å². The molecule has 0 fully saturated rings. The van der Waals surface area contributed by atoms with Gasteiger partial charge in [0.15, 0.2) is 0 Å². The van der Waals surface area contributed by atoms with Gasteiger partial charge in [0.05, 0.1) is 5.02 Å². The predicted molar refractivity (Wildman–Crippen MR) is 70.8 cm³/mol. The van der Waals surface area contributed by atoms with Gasteiger partial charge in [-0.2, -0.15) is 0 Å². The van der Waals surface area contributed by atoms with Crippen LogP contribution in [0.4, 0.5) is 10.2 Å². The van der Waals surface area contributed by atoms with Crippen molar-refractivity contribution in [3.8, 4) is 11.6 Å². The Kier molecular flexibility index (Phi) is 3.98. The Morgan fingerprint density at radius 3 is 2.83 bits per heavy atom. The molecule has 0 aliphatic heterocycles. The number of halogens is 3. The number of anilines is 1. The van der Waals surface area contributed by atoms with Crippen molar-refractivity contribution in [2.75, 3.05) is 12.4 Å². The summed E-state index contributed by atoms with van der Waals surface area (Å²) < 4.78 is 19.3. The van der Waals surface area contributed by atoms with Crippen molar-refractivity contribution in [1.29, 1.82) is 0 Å². The first-order valence-corrected chi connectivity index (χ1v) is 6.10. The van der Waals surface area contributed by atoms with Gasteiger partial charge < -0.3 is 10.1 Å². The SMILES string of the molecule is CNc1ncnc(Oc2ccc(Cl)c(F)c2)c1Br. The summed E-state index contributed by atoms with van der Waals surface area (Å²) >= 11 is 8.89. The zero-order valence-electron chi connectivity index (χ0n) is 9.25. The van der Waals surface area contributed by atoms with Crippen LogP contribution < -0.4 is 10.1 Å². The second-order valence-electron chi connectivity index (χ2n) is 3.27. The fourth-order valence-corrected chi connectivity index (χ4v) is 1.85. The third-order valence-electron chi connectivity index (χ3n) is 2.10. The molecule has 2 rings (SSSR count). The highest BCUT2D eigenvalue weighted by atomic mass is 79.9. The molecule has 0 saturated heterocycles. The molecule has 0 bridgehead atoms. The van der Waals surface area contributed by atoms with Gasteiger partial charge in [-0.1, -0.05) is 11.6 Å². The Labute approximate surface area is 116 Å². The first-order chi connectivity index (χ1) is 8.61. The molecule has 1 N–H and O–H groups in total. The Balaban J connectivity index is 2.31. The minimum Gasteiger partial charge on any atom is -0.438 e. The van der Waals surface area contributed by atoms with E-state index in [-0.39, 0.29) is 10.9 Å². The number of nitrogens with one attached hydrogen (secondary N) is 1. The molecule has 0 spiro atoms. The fourth-order valence-electron chi connectivity index (χ4n) is 1.25. The van der Waals surface area contributed by atoms with Crippen LogP contribution in [0.5, 0.6) is 11.6 Å². The van der Waals surface area contributed by atoms with E-state index in [0.717, 1.165) is 0 Å². The normalized spacial score (nSPS) is 10.2. The second kappa shape index (κ2) is 5.49. The maximum absolute atomic E-state index is 13.3. The molecule has 94 valence electrons. The number of benzene rings is 1. The van der Waals surface area contributed by atoms with Gasteiger partial charge in [-0.3, -0.25) is 0 Å². The molecule has 0 aliphatic carbocycles. The lowest BCUT2D eigenvalue weighted by atomic mass is 10.3. The number of hydrogen-bond acceptors (Lipinski definition) is 4. The van der Waals surface area contributed by atoms with E-state index in [0.29, 0.717) is 16.0 Å². The molecule has 1 heterocycles. The number of rotatable bonds is 3. The van der Waals surface area contributed by atoms with Gasteiger partial charge in [-0.25, -0.2) is 14.4 Å². The molecule has 7 heteroatoms. The van der Waals surface area contributed by atoms with Gasteiger partial charge in [0.2, 0.25) is 5.88 Å². The third kappa shape index (κ3) is 2.70. The number of ether oxygens (including phenoxy) is 1. The van der Waals surface area contributed by atoms with Crippen LogP contribution in [0.15, 0.2) is 29.0 Å². The average molecular weight is 333 g/mol. The van der Waals surface area contributed by atoms with Crippen LogP contribution in [0, 0.1) is 5.82 Å². The molecule has 0 aliphatic rings. The highest BCUT2D eigenvalue weighted by Crippen LogP contribution is 2.32. The van der Waals surface area contributed by atoms with Crippen molar-refractivity contribution in [1.82, 2.24) is 9.97 Å². The summed E-state index contributed by atoms with van der Waals surface area (Å²) in [6.45, 7) is 0. The van der Waals surface area contributed by atoms with E-state index in [9.17, 15) is 4.39 Å². The van der Waals surface area contributed by atoms with E-state index in [1.165, 1.54) is 18.5 Å². The Hall–Kier alpha value is -1.40. The maximum atomic E-state index is 13.3. The molecule has 0 radical (unpaired) electrons. The third-order valence-corrected chi connectivity index (χ3v) is 3.12. The fraction of sp³-hybridized carbons (Fsp3) is 0.0909. The van der Waals surface area contributed by atoms with Gasteiger partial charge in [-0.05, 0) is 28.1 Å². The average Bonchev–Trinajstić information content (AvgIpc) is 2.36. The number of hydrogen-bond donors (Lipinski definition) is 1. The molecule has 0 saturated carbocycles. The van der Waals surface area contributed by atoms with Crippen LogP contribution in [-0.2, 0) is 0 Å². The van der Waals surface area contributed by atoms with Crippen LogP contribution >= 0.6 is 27.5 Å². The Morgan fingerprint density at radius 2 is 2.17 bits per heavy atom. The van der Waals surface area contributed by atoms with Crippen molar-refractivity contribution in [2.24, 2.45) is 0 Å². The summed E-state index contributed by atoms with van der Waals surface area (Å²) in [7, 11) is 1.72. The lowest BCUT2D eigenvalue weighted by Gasteiger charge is -2.09. The van der Waals surface area contributed by atoms with Gasteiger partial charge in [0.25, 0.3) is 0 Å². The maximum Gasteiger partial charge on any atom is 0.238 e. The van der Waals surface area contributed by atoms with Crippen LogP contribution in [0.25, 0.3) is 0 Å². The molecule has 1 aromatic carbocycles. The highest BCUT2D eigenvalue weighted by Gasteiger charge is 2.10. The molecular weight excluding hydrogens is 324 g/mol. The van der Waals surface area contributed by atoms with Crippen LogP contribution in [-0.4, -0.2) is 17.0 Å². The van der Waals surface area contributed by atoms with Gasteiger partial charge >= 0.3 is 0 Å². The molecule has 2 aromatic rings. The monoisotopic (exact) mass is 331 g/mol. The molecule has 0 atom stereocenters. The van der Waals surface area contributed by atoms with Crippen molar-refractivity contribution in [3.05, 3.63) is 39.8 Å². The van der Waals surface area contributed by atoms with Crippen molar-refractivity contribution < 1.29 is 9.13 Å². The van der Waals surface area contributed by atoms with Gasteiger partial charge in [0, 0.05) is 13.1 Å². The second-order valence-corrected chi connectivity index (χ2v) is 4.47. The first kappa shape index (κ1) is 13.0. The predicted octanol–water partition coefficient (Wildman–Crippen LogP) is 3.87. The van der Waals surface area contributed by atoms with Crippen LogP contribution in [0.3, 0.4) is 0 Å². The summed E-state index contributed by atoms with van der Waals surface area (Å²) in [5, 5.41) is 2.91. The van der Waals surface area contributed by atoms with Gasteiger partial charge in [-0.15, -0.1) is 0 Å². The molecule has 0 amide bonds. The summed E-state index contributed by atoms with van der Waals surface area (Å²) in [6, 6.07) is 4.16. The summed E-state index contributed by atoms with van der Waals surface area (Å²) in [4.78, 5) is 7.95. The molecule has 0 unspecified atom stereocenters. The van der Waals surface area contributed by atoms with Crippen molar-refractivity contribution >= 4 is 33.3 Å². The Bertz CT molecular complexity index is 582. The minimum atomic E-state index is -0.548. The van der Waals surface area contributed by atoms with Crippen molar-refractivity contribution in [2.45, 2.75) is 0 Å². The van der Waals surface area contributed by atoms with Crippen molar-refractivity contribution in [3.63, 3.8) is 0 Å². The molecule has 18 heavy (non-hydrogen) atoms. The Morgan fingerprint density at radius 1 is 1.39 bits per heavy atom. The summed E-state index contributed by atoms with van der Waals surface area (Å²) in [5.41, 5.74) is 0. The minimum absolute atomic E-state index is 0.0417. The van der Waals surface area contributed by atoms with Crippen LogP contribution in [0.1, 0.15) is 0 Å². The standard InChI is InChI=1S/C11H8BrClFN3O/c1-15-10-9(12)11(17-5-16-10)18-6-2-3-7(13)8(14)4-6/h2-5H,1H3,(H,15,16,17). The largest absolute Gasteiger partial charge is 0.438 e. The smallest absolute Gasteiger partial charge is 0.238 e. The first-order valence-electron chi connectivity index (χ1n) is 4.93. The number of nitrogens with zero attached hydrogens (tertiary/aromatic N) is 2. The summed E-state index contributed by atoms with van der Waals surface area (Å²) in [6.07, 6.45) is 1.35. The topological polar surface area (TPSA) is 47.0 Å². The summed E-state index contributed by atoms with van der Waals surface area (Å²) in [5.74, 6) is 0.622. The molecular formula is C11H8BrClFN3O. The van der Waals surface area contributed by atoms with Gasteiger partial charge in [0.1, 0.15) is 28.2 Å².